The van der Waals surface area contributed by atoms with Crippen LogP contribution in [0.15, 0.2) is 36.4 Å². The van der Waals surface area contributed by atoms with Gasteiger partial charge in [0.15, 0.2) is 6.29 Å². The minimum Gasteiger partial charge on any atom is -0.298 e. The van der Waals surface area contributed by atoms with Crippen LogP contribution >= 0.6 is 0 Å². The molecule has 2 aromatic carbocycles. The highest BCUT2D eigenvalue weighted by Gasteiger charge is 2.13. The molecule has 0 spiro atoms. The third kappa shape index (κ3) is 1.47. The maximum Gasteiger partial charge on any atom is 0.263 e. The van der Waals surface area contributed by atoms with Crippen LogP contribution in [0, 0.1) is 11.3 Å². The Hall–Kier alpha value is -2.47. The number of rotatable bonds is 2. The minimum absolute atomic E-state index is 0.190. The lowest BCUT2D eigenvalue weighted by atomic mass is 9.97. The van der Waals surface area contributed by atoms with E-state index in [1.54, 1.807) is 30.3 Å². The zero-order chi connectivity index (χ0) is 11.5. The molecule has 16 heavy (non-hydrogen) atoms. The summed E-state index contributed by atoms with van der Waals surface area (Å²) in [4.78, 5) is 22.3. The molecule has 3 nitrogen and oxygen atoms in total. The van der Waals surface area contributed by atoms with E-state index in [4.69, 9.17) is 5.26 Å². The van der Waals surface area contributed by atoms with Crippen molar-refractivity contribution in [1.82, 2.24) is 0 Å². The number of nitrogens with zero attached hydrogens (tertiary/aromatic N) is 1. The Balaban J connectivity index is 2.90. The van der Waals surface area contributed by atoms with Gasteiger partial charge in [-0.25, -0.2) is 0 Å². The molecule has 2 aromatic rings. The van der Waals surface area contributed by atoms with Gasteiger partial charge in [-0.1, -0.05) is 36.4 Å². The van der Waals surface area contributed by atoms with E-state index >= 15 is 0 Å². The van der Waals surface area contributed by atoms with E-state index < -0.39 is 5.78 Å². The molecule has 0 bridgehead atoms. The van der Waals surface area contributed by atoms with Gasteiger partial charge in [-0.3, -0.25) is 9.59 Å². The van der Waals surface area contributed by atoms with Crippen molar-refractivity contribution >= 4 is 22.8 Å². The van der Waals surface area contributed by atoms with Gasteiger partial charge in [0.05, 0.1) is 5.56 Å². The van der Waals surface area contributed by atoms with E-state index in [0.717, 1.165) is 5.39 Å². The molecule has 0 amide bonds. The molecular formula is C13H7NO2. The van der Waals surface area contributed by atoms with Crippen LogP contribution in [0.3, 0.4) is 0 Å². The molecule has 0 atom stereocenters. The number of hydrogen-bond donors (Lipinski definition) is 0. The van der Waals surface area contributed by atoms with Crippen LogP contribution in [-0.4, -0.2) is 12.1 Å². The van der Waals surface area contributed by atoms with Crippen molar-refractivity contribution in [2.45, 2.75) is 0 Å². The molecule has 0 fully saturated rings. The molecule has 0 radical (unpaired) electrons. The van der Waals surface area contributed by atoms with Crippen molar-refractivity contribution in [3.8, 4) is 6.07 Å². The highest BCUT2D eigenvalue weighted by Crippen LogP contribution is 2.21. The van der Waals surface area contributed by atoms with Crippen molar-refractivity contribution in [1.29, 1.82) is 5.26 Å². The summed E-state index contributed by atoms with van der Waals surface area (Å²) in [6.07, 6.45) is 0.594. The number of nitriles is 1. The second-order valence-electron chi connectivity index (χ2n) is 3.31. The fourth-order valence-electron chi connectivity index (χ4n) is 1.70. The molecular weight excluding hydrogens is 202 g/mol. The summed E-state index contributed by atoms with van der Waals surface area (Å²) in [5, 5.41) is 10.1. The maximum absolute atomic E-state index is 11.5. The molecule has 0 saturated heterocycles. The van der Waals surface area contributed by atoms with Crippen LogP contribution in [0.25, 0.3) is 10.8 Å². The van der Waals surface area contributed by atoms with Gasteiger partial charge in [0.25, 0.3) is 5.78 Å². The number of Topliss-reactive ketones (excluding diaryl/α,β-unsaturated/α-hetero) is 1. The summed E-state index contributed by atoms with van der Waals surface area (Å²) in [5.41, 5.74) is 0.445. The molecule has 76 valence electrons. The van der Waals surface area contributed by atoms with Crippen LogP contribution in [0.5, 0.6) is 0 Å². The normalized spacial score (nSPS) is 9.69. The Morgan fingerprint density at radius 3 is 2.62 bits per heavy atom. The van der Waals surface area contributed by atoms with Gasteiger partial charge in [0.2, 0.25) is 0 Å². The Kier molecular flexibility index (Phi) is 2.49. The fourth-order valence-corrected chi connectivity index (χ4v) is 1.70. The Bertz CT molecular complexity index is 623. The number of aldehydes is 1. The Morgan fingerprint density at radius 2 is 1.94 bits per heavy atom. The zero-order valence-corrected chi connectivity index (χ0v) is 8.31. The van der Waals surface area contributed by atoms with Gasteiger partial charge < -0.3 is 0 Å². The quantitative estimate of drug-likeness (QED) is 0.433. The molecule has 0 unspecified atom stereocenters. The molecule has 0 saturated carbocycles. The number of benzene rings is 2. The van der Waals surface area contributed by atoms with Gasteiger partial charge in [0, 0.05) is 5.56 Å². The highest BCUT2D eigenvalue weighted by molar-refractivity contribution is 6.19. The van der Waals surface area contributed by atoms with Crippen molar-refractivity contribution in [2.24, 2.45) is 0 Å². The molecule has 0 N–H and O–H groups in total. The van der Waals surface area contributed by atoms with Crippen LogP contribution < -0.4 is 0 Å². The second-order valence-corrected chi connectivity index (χ2v) is 3.31. The summed E-state index contributed by atoms with van der Waals surface area (Å²) < 4.78 is 0. The number of carbonyl (C=O) groups is 2. The van der Waals surface area contributed by atoms with Gasteiger partial charge >= 0.3 is 0 Å². The summed E-state index contributed by atoms with van der Waals surface area (Å²) in [6.45, 7) is 0. The predicted octanol–water partition coefficient (Wildman–Crippen LogP) is 2.36. The maximum atomic E-state index is 11.5. The first kappa shape index (κ1) is 10.1. The number of hydrogen-bond acceptors (Lipinski definition) is 3. The van der Waals surface area contributed by atoms with Gasteiger partial charge in [-0.2, -0.15) is 5.26 Å². The molecule has 3 heteroatoms. The first-order valence-corrected chi connectivity index (χ1v) is 4.69. The predicted molar refractivity (Wildman–Crippen MR) is 59.3 cm³/mol. The Labute approximate surface area is 91.9 Å². The SMILES string of the molecule is N#CC(=O)c1c(C=O)ccc2ccccc12. The Morgan fingerprint density at radius 1 is 1.19 bits per heavy atom. The molecule has 0 aliphatic carbocycles. The molecule has 2 rings (SSSR count). The summed E-state index contributed by atoms with van der Waals surface area (Å²) in [5.74, 6) is -0.682. The van der Waals surface area contributed by atoms with Crippen LogP contribution in [0.4, 0.5) is 0 Å². The monoisotopic (exact) mass is 209 g/mol. The standard InChI is InChI=1S/C13H7NO2/c14-7-12(16)13-10(8-15)6-5-9-3-1-2-4-11(9)13/h1-6,8H. The van der Waals surface area contributed by atoms with E-state index in [9.17, 15) is 9.59 Å². The van der Waals surface area contributed by atoms with Crippen molar-refractivity contribution in [2.75, 3.05) is 0 Å². The van der Waals surface area contributed by atoms with Crippen molar-refractivity contribution in [3.63, 3.8) is 0 Å². The average molecular weight is 209 g/mol. The number of fused-ring (bicyclic) bond motifs is 1. The molecule has 0 aliphatic heterocycles. The van der Waals surface area contributed by atoms with E-state index in [2.05, 4.69) is 0 Å². The van der Waals surface area contributed by atoms with Gasteiger partial charge in [0.1, 0.15) is 6.07 Å². The van der Waals surface area contributed by atoms with Gasteiger partial charge in [-0.15, -0.1) is 0 Å². The lowest BCUT2D eigenvalue weighted by molar-refractivity contribution is 0.104. The number of ketones is 1. The van der Waals surface area contributed by atoms with Crippen LogP contribution in [0.1, 0.15) is 20.7 Å². The highest BCUT2D eigenvalue weighted by atomic mass is 16.1. The number of carbonyl (C=O) groups excluding carboxylic acids is 2. The lowest BCUT2D eigenvalue weighted by Gasteiger charge is -2.04. The fraction of sp³-hybridized carbons (Fsp3) is 0. The summed E-state index contributed by atoms with van der Waals surface area (Å²) in [7, 11) is 0. The molecule has 0 aliphatic rings. The van der Waals surface area contributed by atoms with E-state index in [-0.39, 0.29) is 11.1 Å². The van der Waals surface area contributed by atoms with Crippen LogP contribution in [-0.2, 0) is 0 Å². The third-order valence-electron chi connectivity index (χ3n) is 2.42. The minimum atomic E-state index is -0.682. The van der Waals surface area contributed by atoms with Crippen molar-refractivity contribution in [3.05, 3.63) is 47.5 Å². The smallest absolute Gasteiger partial charge is 0.263 e. The van der Waals surface area contributed by atoms with E-state index in [0.29, 0.717) is 11.7 Å². The van der Waals surface area contributed by atoms with Gasteiger partial charge in [-0.05, 0) is 10.8 Å². The van der Waals surface area contributed by atoms with E-state index in [1.165, 1.54) is 0 Å². The first-order chi connectivity index (χ1) is 7.77. The average Bonchev–Trinajstić information content (AvgIpc) is 2.36. The zero-order valence-electron chi connectivity index (χ0n) is 8.31. The molecule has 0 aromatic heterocycles. The largest absolute Gasteiger partial charge is 0.298 e. The topological polar surface area (TPSA) is 57.9 Å². The van der Waals surface area contributed by atoms with Crippen molar-refractivity contribution < 1.29 is 9.59 Å². The first-order valence-electron chi connectivity index (χ1n) is 4.69. The third-order valence-corrected chi connectivity index (χ3v) is 2.42. The summed E-state index contributed by atoms with van der Waals surface area (Å²) >= 11 is 0. The van der Waals surface area contributed by atoms with E-state index in [1.807, 2.05) is 12.1 Å². The lowest BCUT2D eigenvalue weighted by Crippen LogP contribution is -2.01. The molecule has 0 heterocycles. The summed E-state index contributed by atoms with van der Waals surface area (Å²) in [6, 6.07) is 12.0. The van der Waals surface area contributed by atoms with Crippen LogP contribution in [0.2, 0.25) is 0 Å². The second kappa shape index (κ2) is 3.95.